The summed E-state index contributed by atoms with van der Waals surface area (Å²) in [6.45, 7) is 0. The first-order chi connectivity index (χ1) is 8.97. The van der Waals surface area contributed by atoms with Gasteiger partial charge in [-0.25, -0.2) is 0 Å². The van der Waals surface area contributed by atoms with E-state index in [0.29, 0.717) is 5.69 Å². The number of amides is 1. The van der Waals surface area contributed by atoms with E-state index < -0.39 is 0 Å². The molecule has 1 amide bonds. The Morgan fingerprint density at radius 3 is 2.42 bits per heavy atom. The third-order valence-corrected chi connectivity index (χ3v) is 4.31. The second-order valence-corrected chi connectivity index (χ2v) is 6.73. The summed E-state index contributed by atoms with van der Waals surface area (Å²) in [5, 5.41) is 12.5. The Morgan fingerprint density at radius 2 is 1.74 bits per heavy atom. The Morgan fingerprint density at radius 1 is 1.11 bits per heavy atom. The number of aromatic hydroxyl groups is 1. The van der Waals surface area contributed by atoms with Crippen LogP contribution in [0, 0.1) is 3.57 Å². The normalized spacial score (nSPS) is 10.3. The van der Waals surface area contributed by atoms with E-state index in [-0.39, 0.29) is 17.2 Å². The lowest BCUT2D eigenvalue weighted by molar-refractivity contribution is 0.102. The van der Waals surface area contributed by atoms with E-state index in [1.807, 2.05) is 18.2 Å². The second kappa shape index (κ2) is 6.23. The molecular weight excluding hydrogens is 489 g/mol. The van der Waals surface area contributed by atoms with Crippen LogP contribution in [0.1, 0.15) is 10.4 Å². The van der Waals surface area contributed by atoms with Crippen LogP contribution in [0.4, 0.5) is 5.69 Å². The maximum Gasteiger partial charge on any atom is 0.259 e. The average molecular weight is 497 g/mol. The van der Waals surface area contributed by atoms with E-state index in [4.69, 9.17) is 0 Å². The van der Waals surface area contributed by atoms with Gasteiger partial charge < -0.3 is 10.4 Å². The number of anilines is 1. The fourth-order valence-electron chi connectivity index (χ4n) is 1.48. The van der Waals surface area contributed by atoms with Gasteiger partial charge in [-0.05, 0) is 59.0 Å². The molecule has 0 saturated carbocycles. The minimum atomic E-state index is -0.346. The van der Waals surface area contributed by atoms with Gasteiger partial charge in [0.15, 0.2) is 0 Å². The fraction of sp³-hybridized carbons (Fsp3) is 0. The maximum atomic E-state index is 12.1. The Labute approximate surface area is 140 Å². The number of nitrogens with one attached hydrogen (secondary N) is 1. The number of hydrogen-bond donors (Lipinski definition) is 2. The van der Waals surface area contributed by atoms with Gasteiger partial charge in [-0.2, -0.15) is 0 Å². The molecule has 0 atom stereocenters. The molecule has 3 nitrogen and oxygen atoms in total. The molecule has 2 aromatic rings. The van der Waals surface area contributed by atoms with Gasteiger partial charge in [0.1, 0.15) is 5.75 Å². The first-order valence-electron chi connectivity index (χ1n) is 5.22. The molecule has 6 heteroatoms. The van der Waals surface area contributed by atoms with Crippen molar-refractivity contribution in [3.8, 4) is 5.75 Å². The molecule has 19 heavy (non-hydrogen) atoms. The zero-order valence-corrected chi connectivity index (χ0v) is 14.8. The second-order valence-electron chi connectivity index (χ2n) is 3.74. The van der Waals surface area contributed by atoms with E-state index in [0.717, 1.165) is 12.5 Å². The molecule has 0 heterocycles. The van der Waals surface area contributed by atoms with Crippen molar-refractivity contribution >= 4 is 66.0 Å². The molecule has 0 fully saturated rings. The zero-order valence-electron chi connectivity index (χ0n) is 9.45. The predicted molar refractivity (Wildman–Crippen MR) is 90.6 cm³/mol. The molecule has 0 aliphatic rings. The van der Waals surface area contributed by atoms with Crippen LogP contribution in [-0.2, 0) is 0 Å². The largest absolute Gasteiger partial charge is 0.507 e. The summed E-state index contributed by atoms with van der Waals surface area (Å²) in [5.41, 5.74) is 0.932. The summed E-state index contributed by atoms with van der Waals surface area (Å²) in [4.78, 5) is 12.1. The number of hydrogen-bond acceptors (Lipinski definition) is 2. The summed E-state index contributed by atoms with van der Waals surface area (Å²) < 4.78 is 2.52. The fourth-order valence-corrected chi connectivity index (χ4v) is 2.66. The molecule has 0 spiro atoms. The average Bonchev–Trinajstić information content (AvgIpc) is 2.33. The molecule has 2 rings (SSSR count). The van der Waals surface area contributed by atoms with Crippen molar-refractivity contribution in [3.05, 3.63) is 54.5 Å². The number of carbonyl (C=O) groups is 1. The number of benzene rings is 2. The van der Waals surface area contributed by atoms with Gasteiger partial charge in [-0.1, -0.05) is 31.9 Å². The first kappa shape index (κ1) is 14.8. The van der Waals surface area contributed by atoms with Crippen LogP contribution in [0.5, 0.6) is 5.75 Å². The zero-order chi connectivity index (χ0) is 14.0. The van der Waals surface area contributed by atoms with Gasteiger partial charge in [0.2, 0.25) is 0 Å². The molecule has 0 aliphatic carbocycles. The van der Waals surface area contributed by atoms with Crippen molar-refractivity contribution in [2.24, 2.45) is 0 Å². The van der Waals surface area contributed by atoms with E-state index in [1.54, 1.807) is 12.1 Å². The number of carbonyl (C=O) groups excluding carboxylic acids is 1. The smallest absolute Gasteiger partial charge is 0.259 e. The molecule has 98 valence electrons. The van der Waals surface area contributed by atoms with Crippen molar-refractivity contribution in [1.29, 1.82) is 0 Å². The standard InChI is InChI=1S/C13H8Br2INO2/c14-7-2-4-10(16)11(5-7)17-13(19)9-3-1-8(15)6-12(9)18/h1-6,18H,(H,17,19). The van der Waals surface area contributed by atoms with Crippen LogP contribution in [-0.4, -0.2) is 11.0 Å². The molecular formula is C13H8Br2INO2. The van der Waals surface area contributed by atoms with Gasteiger partial charge >= 0.3 is 0 Å². The molecule has 0 bridgehead atoms. The topological polar surface area (TPSA) is 49.3 Å². The minimum absolute atomic E-state index is 0.0584. The summed E-state index contributed by atoms with van der Waals surface area (Å²) >= 11 is 8.73. The van der Waals surface area contributed by atoms with E-state index in [1.165, 1.54) is 6.07 Å². The van der Waals surface area contributed by atoms with Crippen LogP contribution in [0.2, 0.25) is 0 Å². The van der Waals surface area contributed by atoms with E-state index in [2.05, 4.69) is 59.8 Å². The SMILES string of the molecule is O=C(Nc1cc(Br)ccc1I)c1ccc(Br)cc1O. The summed E-state index contributed by atoms with van der Waals surface area (Å²) in [5.74, 6) is -0.405. The molecule has 2 N–H and O–H groups in total. The van der Waals surface area contributed by atoms with Crippen molar-refractivity contribution < 1.29 is 9.90 Å². The van der Waals surface area contributed by atoms with Gasteiger partial charge in [0.25, 0.3) is 5.91 Å². The summed E-state index contributed by atoms with van der Waals surface area (Å²) in [6, 6.07) is 10.4. The number of halogens is 3. The van der Waals surface area contributed by atoms with Crippen LogP contribution in [0.25, 0.3) is 0 Å². The van der Waals surface area contributed by atoms with E-state index in [9.17, 15) is 9.90 Å². The molecule has 0 aromatic heterocycles. The third-order valence-electron chi connectivity index (χ3n) is 2.38. The first-order valence-corrected chi connectivity index (χ1v) is 7.89. The highest BCUT2D eigenvalue weighted by atomic mass is 127. The van der Waals surface area contributed by atoms with Crippen LogP contribution < -0.4 is 5.32 Å². The molecule has 2 aromatic carbocycles. The lowest BCUT2D eigenvalue weighted by atomic mass is 10.2. The molecule has 0 saturated heterocycles. The Hall–Kier alpha value is -0.600. The monoisotopic (exact) mass is 495 g/mol. The lowest BCUT2D eigenvalue weighted by Crippen LogP contribution is -2.13. The minimum Gasteiger partial charge on any atom is -0.507 e. The van der Waals surface area contributed by atoms with Crippen molar-refractivity contribution in [2.45, 2.75) is 0 Å². The van der Waals surface area contributed by atoms with Gasteiger partial charge in [-0.3, -0.25) is 4.79 Å². The van der Waals surface area contributed by atoms with Crippen molar-refractivity contribution in [2.75, 3.05) is 5.32 Å². The van der Waals surface area contributed by atoms with Gasteiger partial charge in [-0.15, -0.1) is 0 Å². The summed E-state index contributed by atoms with van der Waals surface area (Å²) in [6.07, 6.45) is 0. The van der Waals surface area contributed by atoms with Gasteiger partial charge in [0.05, 0.1) is 11.3 Å². The van der Waals surface area contributed by atoms with Crippen LogP contribution >= 0.6 is 54.5 Å². The summed E-state index contributed by atoms with van der Waals surface area (Å²) in [7, 11) is 0. The van der Waals surface area contributed by atoms with Crippen LogP contribution in [0.15, 0.2) is 45.3 Å². The molecule has 0 unspecified atom stereocenters. The number of phenolic OH excluding ortho intramolecular Hbond substituents is 1. The Balaban J connectivity index is 2.28. The number of phenols is 1. The maximum absolute atomic E-state index is 12.1. The quantitative estimate of drug-likeness (QED) is 0.588. The van der Waals surface area contributed by atoms with Crippen molar-refractivity contribution in [1.82, 2.24) is 0 Å². The van der Waals surface area contributed by atoms with Crippen LogP contribution in [0.3, 0.4) is 0 Å². The highest BCUT2D eigenvalue weighted by Gasteiger charge is 2.13. The highest BCUT2D eigenvalue weighted by molar-refractivity contribution is 14.1. The van der Waals surface area contributed by atoms with Gasteiger partial charge in [0, 0.05) is 12.5 Å². The highest BCUT2D eigenvalue weighted by Crippen LogP contribution is 2.26. The molecule has 0 radical (unpaired) electrons. The molecule has 0 aliphatic heterocycles. The Kier molecular flexibility index (Phi) is 4.86. The van der Waals surface area contributed by atoms with E-state index >= 15 is 0 Å². The predicted octanol–water partition coefficient (Wildman–Crippen LogP) is 4.77. The van der Waals surface area contributed by atoms with Crippen molar-refractivity contribution in [3.63, 3.8) is 0 Å². The lowest BCUT2D eigenvalue weighted by Gasteiger charge is -2.09. The third kappa shape index (κ3) is 3.70. The Bertz CT molecular complexity index is 647. The number of rotatable bonds is 2.